The lowest BCUT2D eigenvalue weighted by Crippen LogP contribution is -2.31. The van der Waals surface area contributed by atoms with E-state index in [1.165, 1.54) is 11.3 Å². The highest BCUT2D eigenvalue weighted by Gasteiger charge is 2.23. The molecule has 0 aliphatic heterocycles. The van der Waals surface area contributed by atoms with Crippen LogP contribution in [0.1, 0.15) is 64.3 Å². The Labute approximate surface area is 180 Å². The van der Waals surface area contributed by atoms with E-state index in [9.17, 15) is 14.4 Å². The summed E-state index contributed by atoms with van der Waals surface area (Å²) in [5.74, 6) is -0.350. The third-order valence-corrected chi connectivity index (χ3v) is 5.57. The maximum absolute atomic E-state index is 12.8. The van der Waals surface area contributed by atoms with Gasteiger partial charge in [-0.3, -0.25) is 14.9 Å². The number of imide groups is 1. The van der Waals surface area contributed by atoms with Crippen LogP contribution in [0, 0.1) is 13.8 Å². The van der Waals surface area contributed by atoms with Crippen molar-refractivity contribution in [2.24, 2.45) is 0 Å². The number of carbonyl (C=O) groups is 3. The van der Waals surface area contributed by atoms with Gasteiger partial charge in [0.1, 0.15) is 10.8 Å². The van der Waals surface area contributed by atoms with Crippen molar-refractivity contribution in [2.75, 3.05) is 18.5 Å². The third kappa shape index (κ3) is 6.32. The van der Waals surface area contributed by atoms with Gasteiger partial charge in [-0.25, -0.2) is 4.79 Å². The lowest BCUT2D eigenvalue weighted by molar-refractivity contribution is 0.0925. The number of anilines is 1. The van der Waals surface area contributed by atoms with Crippen molar-refractivity contribution in [1.29, 1.82) is 0 Å². The molecule has 0 unspecified atom stereocenters. The number of aryl methyl sites for hydroxylation is 1. The minimum atomic E-state index is -0.823. The fourth-order valence-corrected chi connectivity index (χ4v) is 3.81. The number of benzene rings is 1. The first-order valence-corrected chi connectivity index (χ1v) is 10.8. The smallest absolute Gasteiger partial charge is 0.414 e. The van der Waals surface area contributed by atoms with E-state index in [0.29, 0.717) is 28.5 Å². The van der Waals surface area contributed by atoms with E-state index in [1.807, 2.05) is 6.92 Å². The first-order chi connectivity index (χ1) is 14.4. The number of unbranched alkanes of at least 4 members (excludes halogenated alkanes) is 2. The second-order valence-corrected chi connectivity index (χ2v) is 7.92. The molecule has 30 heavy (non-hydrogen) atoms. The second kappa shape index (κ2) is 11.3. The number of nitrogens with one attached hydrogen (secondary N) is 2. The van der Waals surface area contributed by atoms with Crippen LogP contribution >= 0.6 is 11.3 Å². The Morgan fingerprint density at radius 1 is 1.07 bits per heavy atom. The number of hydrogen-bond acceptors (Lipinski definition) is 6. The Morgan fingerprint density at radius 3 is 2.53 bits per heavy atom. The number of alkyl carbamates (subject to hydrolysis) is 1. The summed E-state index contributed by atoms with van der Waals surface area (Å²) in [6, 6.07) is 6.91. The van der Waals surface area contributed by atoms with Crippen molar-refractivity contribution in [3.05, 3.63) is 45.8 Å². The predicted molar refractivity (Wildman–Crippen MR) is 118 cm³/mol. The molecule has 0 atom stereocenters. The summed E-state index contributed by atoms with van der Waals surface area (Å²) in [6.45, 7) is 8.15. The van der Waals surface area contributed by atoms with E-state index < -0.39 is 12.0 Å². The highest BCUT2D eigenvalue weighted by atomic mass is 32.1. The molecular formula is C22H28N2O5S. The van der Waals surface area contributed by atoms with Crippen LogP contribution in [0.15, 0.2) is 24.3 Å². The molecule has 7 nitrogen and oxygen atoms in total. The van der Waals surface area contributed by atoms with Crippen LogP contribution in [0.4, 0.5) is 9.80 Å². The Bertz CT molecular complexity index is 907. The van der Waals surface area contributed by atoms with Gasteiger partial charge in [-0.05, 0) is 51.0 Å². The maximum atomic E-state index is 12.8. The molecule has 2 rings (SSSR count). The minimum Gasteiger partial charge on any atom is -0.494 e. The molecule has 3 amide bonds. The first kappa shape index (κ1) is 23.4. The molecule has 0 radical (unpaired) electrons. The highest BCUT2D eigenvalue weighted by molar-refractivity contribution is 7.16. The van der Waals surface area contributed by atoms with Crippen LogP contribution in [0.2, 0.25) is 0 Å². The molecule has 0 saturated carbocycles. The molecule has 0 fully saturated rings. The lowest BCUT2D eigenvalue weighted by Gasteiger charge is -2.10. The number of hydrogen-bond donors (Lipinski definition) is 2. The Hall–Kier alpha value is -2.87. The van der Waals surface area contributed by atoms with Crippen molar-refractivity contribution in [3.63, 3.8) is 0 Å². The van der Waals surface area contributed by atoms with Gasteiger partial charge >= 0.3 is 6.09 Å². The normalized spacial score (nSPS) is 10.4. The van der Waals surface area contributed by atoms with Crippen molar-refractivity contribution in [2.45, 2.75) is 47.0 Å². The lowest BCUT2D eigenvalue weighted by atomic mass is 10.1. The van der Waals surface area contributed by atoms with Gasteiger partial charge in [-0.15, -0.1) is 11.3 Å². The minimum absolute atomic E-state index is 0.154. The van der Waals surface area contributed by atoms with E-state index in [2.05, 4.69) is 17.6 Å². The van der Waals surface area contributed by atoms with Crippen molar-refractivity contribution in [1.82, 2.24) is 5.32 Å². The monoisotopic (exact) mass is 432 g/mol. The Balaban J connectivity index is 2.14. The molecule has 1 aromatic heterocycles. The van der Waals surface area contributed by atoms with Crippen LogP contribution in [0.3, 0.4) is 0 Å². The van der Waals surface area contributed by atoms with Crippen LogP contribution in [0.5, 0.6) is 5.75 Å². The van der Waals surface area contributed by atoms with E-state index in [0.717, 1.165) is 24.1 Å². The number of rotatable bonds is 9. The predicted octanol–water partition coefficient (Wildman–Crippen LogP) is 5.07. The molecule has 0 aliphatic carbocycles. The quantitative estimate of drug-likeness (QED) is 0.540. The number of ether oxygens (including phenoxy) is 2. The second-order valence-electron chi connectivity index (χ2n) is 6.70. The zero-order valence-corrected chi connectivity index (χ0v) is 18.6. The molecule has 0 bridgehead atoms. The Morgan fingerprint density at radius 2 is 1.83 bits per heavy atom. The number of thiophene rings is 1. The SMILES string of the molecule is CCCCCOc1cccc(C(=O)Nc2sc(C)c(C)c2C(=O)NC(=O)OCC)c1. The van der Waals surface area contributed by atoms with Crippen LogP contribution in [-0.4, -0.2) is 31.1 Å². The maximum Gasteiger partial charge on any atom is 0.414 e. The average molecular weight is 433 g/mol. The average Bonchev–Trinajstić information content (AvgIpc) is 2.99. The summed E-state index contributed by atoms with van der Waals surface area (Å²) in [4.78, 5) is 37.8. The van der Waals surface area contributed by atoms with Crippen LogP contribution in [0.25, 0.3) is 0 Å². The van der Waals surface area contributed by atoms with Gasteiger partial charge in [0.2, 0.25) is 0 Å². The highest BCUT2D eigenvalue weighted by Crippen LogP contribution is 2.33. The van der Waals surface area contributed by atoms with Gasteiger partial charge in [0, 0.05) is 10.4 Å². The summed E-state index contributed by atoms with van der Waals surface area (Å²) in [5.41, 5.74) is 1.37. The molecule has 0 aliphatic rings. The van der Waals surface area contributed by atoms with Gasteiger partial charge in [-0.1, -0.05) is 25.8 Å². The van der Waals surface area contributed by atoms with Crippen molar-refractivity contribution in [3.8, 4) is 5.75 Å². The van der Waals surface area contributed by atoms with Crippen molar-refractivity contribution >= 4 is 34.2 Å². The van der Waals surface area contributed by atoms with Gasteiger partial charge in [0.15, 0.2) is 0 Å². The van der Waals surface area contributed by atoms with E-state index in [-0.39, 0.29) is 18.1 Å². The van der Waals surface area contributed by atoms with Crippen LogP contribution in [-0.2, 0) is 4.74 Å². The molecule has 162 valence electrons. The first-order valence-electron chi connectivity index (χ1n) is 9.99. The summed E-state index contributed by atoms with van der Waals surface area (Å²) in [5, 5.41) is 5.35. The topological polar surface area (TPSA) is 93.7 Å². The molecule has 2 N–H and O–H groups in total. The summed E-state index contributed by atoms with van der Waals surface area (Å²) < 4.78 is 10.5. The zero-order valence-electron chi connectivity index (χ0n) is 17.8. The standard InChI is InChI=1S/C22H28N2O5S/c1-5-7-8-12-29-17-11-9-10-16(13-17)19(25)23-21-18(14(3)15(4)30-21)20(26)24-22(27)28-6-2/h9-11,13H,5-8,12H2,1-4H3,(H,23,25)(H,24,26,27). The van der Waals surface area contributed by atoms with Crippen molar-refractivity contribution < 1.29 is 23.9 Å². The molecule has 8 heteroatoms. The van der Waals surface area contributed by atoms with Gasteiger partial charge < -0.3 is 14.8 Å². The van der Waals surface area contributed by atoms with E-state index in [4.69, 9.17) is 9.47 Å². The Kier molecular flexibility index (Phi) is 8.86. The zero-order chi connectivity index (χ0) is 22.1. The van der Waals surface area contributed by atoms with Crippen LogP contribution < -0.4 is 15.4 Å². The summed E-state index contributed by atoms with van der Waals surface area (Å²) >= 11 is 1.28. The number of carbonyl (C=O) groups excluding carboxylic acids is 3. The largest absolute Gasteiger partial charge is 0.494 e. The third-order valence-electron chi connectivity index (χ3n) is 4.44. The molecule has 2 aromatic rings. The summed E-state index contributed by atoms with van der Waals surface area (Å²) in [6.07, 6.45) is 2.33. The molecule has 1 heterocycles. The van der Waals surface area contributed by atoms with Gasteiger partial charge in [0.05, 0.1) is 18.8 Å². The molecular weight excluding hydrogens is 404 g/mol. The summed E-state index contributed by atoms with van der Waals surface area (Å²) in [7, 11) is 0. The van der Waals surface area contributed by atoms with E-state index in [1.54, 1.807) is 38.1 Å². The van der Waals surface area contributed by atoms with Gasteiger partial charge in [-0.2, -0.15) is 0 Å². The fraction of sp³-hybridized carbons (Fsp3) is 0.409. The molecule has 0 spiro atoms. The fourth-order valence-electron chi connectivity index (χ4n) is 2.76. The number of amides is 3. The van der Waals surface area contributed by atoms with E-state index >= 15 is 0 Å². The molecule has 0 saturated heterocycles. The molecule has 1 aromatic carbocycles. The van der Waals surface area contributed by atoms with Gasteiger partial charge in [0.25, 0.3) is 11.8 Å².